The Labute approximate surface area is 174 Å². The first-order chi connectivity index (χ1) is 14.2. The van der Waals surface area contributed by atoms with Gasteiger partial charge in [0, 0.05) is 17.0 Å². The molecule has 0 aliphatic carbocycles. The summed E-state index contributed by atoms with van der Waals surface area (Å²) in [5, 5.41) is 1.83. The van der Waals surface area contributed by atoms with E-state index >= 15 is 0 Å². The number of hydrogen-bond donors (Lipinski definition) is 0. The van der Waals surface area contributed by atoms with Gasteiger partial charge in [0.05, 0.1) is 35.8 Å². The topological polar surface area (TPSA) is 61.9 Å². The summed E-state index contributed by atoms with van der Waals surface area (Å²) in [6.07, 6.45) is 7.25. The maximum atomic E-state index is 12.7. The standard InChI is InChI=1S/C24H22N2O4/c1-6-11-25-18-10-8-7-9-16(18)17-13-20(23(28)29-5)26-14-15(12-19(26)21(17)25)22(27)30-24(2,3)4/h1,7-10,12-14H,11H2,2-5H3. The van der Waals surface area contributed by atoms with E-state index in [1.165, 1.54) is 7.11 Å². The van der Waals surface area contributed by atoms with Gasteiger partial charge in [0.2, 0.25) is 0 Å². The molecular weight excluding hydrogens is 380 g/mol. The van der Waals surface area contributed by atoms with Crippen molar-refractivity contribution in [3.8, 4) is 12.3 Å². The number of carbonyl (C=O) groups excluding carboxylic acids is 2. The summed E-state index contributed by atoms with van der Waals surface area (Å²) in [5.74, 6) is 1.74. The summed E-state index contributed by atoms with van der Waals surface area (Å²) in [6, 6.07) is 11.4. The summed E-state index contributed by atoms with van der Waals surface area (Å²) in [7, 11) is 1.33. The van der Waals surface area contributed by atoms with E-state index in [-0.39, 0.29) is 0 Å². The average Bonchev–Trinajstić information content (AvgIpc) is 3.26. The van der Waals surface area contributed by atoms with Crippen molar-refractivity contribution in [3.05, 3.63) is 53.9 Å². The third-order valence-electron chi connectivity index (χ3n) is 4.89. The molecule has 3 heterocycles. The van der Waals surface area contributed by atoms with Crippen LogP contribution in [0.3, 0.4) is 0 Å². The van der Waals surface area contributed by atoms with E-state index < -0.39 is 17.5 Å². The Morgan fingerprint density at radius 3 is 2.47 bits per heavy atom. The minimum absolute atomic E-state index is 0.318. The molecule has 0 amide bonds. The summed E-state index contributed by atoms with van der Waals surface area (Å²) >= 11 is 0. The summed E-state index contributed by atoms with van der Waals surface area (Å²) < 4.78 is 14.2. The highest BCUT2D eigenvalue weighted by Crippen LogP contribution is 2.34. The molecule has 152 valence electrons. The van der Waals surface area contributed by atoms with Crippen LogP contribution in [0.1, 0.15) is 41.6 Å². The van der Waals surface area contributed by atoms with Crippen molar-refractivity contribution in [1.82, 2.24) is 8.97 Å². The highest BCUT2D eigenvalue weighted by atomic mass is 16.6. The molecule has 0 aliphatic heterocycles. The Hall–Kier alpha value is -3.72. The molecule has 0 spiro atoms. The molecule has 0 radical (unpaired) electrons. The van der Waals surface area contributed by atoms with E-state index in [1.54, 1.807) is 22.7 Å². The molecule has 0 N–H and O–H groups in total. The van der Waals surface area contributed by atoms with Crippen molar-refractivity contribution in [2.24, 2.45) is 0 Å². The molecule has 0 unspecified atom stereocenters. The lowest BCUT2D eigenvalue weighted by molar-refractivity contribution is 0.00693. The van der Waals surface area contributed by atoms with Crippen LogP contribution in [0.25, 0.3) is 27.3 Å². The third kappa shape index (κ3) is 3.09. The first-order valence-electron chi connectivity index (χ1n) is 9.56. The van der Waals surface area contributed by atoms with E-state index in [2.05, 4.69) is 5.92 Å². The van der Waals surface area contributed by atoms with Crippen molar-refractivity contribution in [1.29, 1.82) is 0 Å². The number of nitrogens with zero attached hydrogens (tertiary/aromatic N) is 2. The van der Waals surface area contributed by atoms with Crippen molar-refractivity contribution in [2.75, 3.05) is 7.11 Å². The maximum Gasteiger partial charge on any atom is 0.355 e. The van der Waals surface area contributed by atoms with Gasteiger partial charge < -0.3 is 18.4 Å². The van der Waals surface area contributed by atoms with Crippen LogP contribution in [0.2, 0.25) is 0 Å². The van der Waals surface area contributed by atoms with Crippen LogP contribution in [-0.4, -0.2) is 33.6 Å². The lowest BCUT2D eigenvalue weighted by Gasteiger charge is -2.18. The number of hydrogen-bond acceptors (Lipinski definition) is 4. The van der Waals surface area contributed by atoms with E-state index in [4.69, 9.17) is 15.9 Å². The van der Waals surface area contributed by atoms with Gasteiger partial charge in [0.25, 0.3) is 0 Å². The zero-order chi connectivity index (χ0) is 21.6. The molecule has 4 aromatic rings. The Kier molecular flexibility index (Phi) is 4.54. The predicted octanol–water partition coefficient (Wildman–Crippen LogP) is 4.42. The number of methoxy groups -OCH3 is 1. The second kappa shape index (κ2) is 6.96. The van der Waals surface area contributed by atoms with Gasteiger partial charge in [0.1, 0.15) is 11.3 Å². The van der Waals surface area contributed by atoms with Crippen LogP contribution in [0.5, 0.6) is 0 Å². The summed E-state index contributed by atoms with van der Waals surface area (Å²) in [5.41, 5.74) is 2.51. The minimum Gasteiger partial charge on any atom is -0.464 e. The molecule has 6 nitrogen and oxygen atoms in total. The van der Waals surface area contributed by atoms with E-state index in [9.17, 15) is 9.59 Å². The first kappa shape index (κ1) is 19.6. The Morgan fingerprint density at radius 1 is 1.07 bits per heavy atom. The zero-order valence-corrected chi connectivity index (χ0v) is 17.4. The van der Waals surface area contributed by atoms with Crippen molar-refractivity contribution >= 4 is 39.3 Å². The number of aromatic nitrogens is 2. The van der Waals surface area contributed by atoms with Gasteiger partial charge in [-0.25, -0.2) is 9.59 Å². The molecule has 0 fully saturated rings. The lowest BCUT2D eigenvalue weighted by atomic mass is 10.1. The molecule has 0 saturated heterocycles. The molecule has 6 heteroatoms. The number of benzene rings is 1. The summed E-state index contributed by atoms with van der Waals surface area (Å²) in [4.78, 5) is 25.3. The number of esters is 2. The van der Waals surface area contributed by atoms with Gasteiger partial charge >= 0.3 is 11.9 Å². The molecule has 0 bridgehead atoms. The van der Waals surface area contributed by atoms with Crippen LogP contribution in [0, 0.1) is 12.3 Å². The van der Waals surface area contributed by atoms with E-state index in [1.807, 2.05) is 49.6 Å². The molecule has 0 saturated carbocycles. The fourth-order valence-electron chi connectivity index (χ4n) is 3.77. The monoisotopic (exact) mass is 402 g/mol. The molecule has 1 aromatic carbocycles. The number of rotatable bonds is 3. The second-order valence-electron chi connectivity index (χ2n) is 8.08. The van der Waals surface area contributed by atoms with Gasteiger partial charge in [-0.3, -0.25) is 0 Å². The number of terminal acetylenes is 1. The number of pyridine rings is 1. The normalized spacial score (nSPS) is 11.7. The van der Waals surface area contributed by atoms with Gasteiger partial charge in [-0.2, -0.15) is 0 Å². The average molecular weight is 402 g/mol. The van der Waals surface area contributed by atoms with Crippen LogP contribution >= 0.6 is 0 Å². The zero-order valence-electron chi connectivity index (χ0n) is 17.4. The smallest absolute Gasteiger partial charge is 0.355 e. The Bertz CT molecular complexity index is 1360. The van der Waals surface area contributed by atoms with Crippen LogP contribution in [0.4, 0.5) is 0 Å². The Balaban J connectivity index is 2.12. The van der Waals surface area contributed by atoms with E-state index in [0.29, 0.717) is 23.3 Å². The van der Waals surface area contributed by atoms with Crippen LogP contribution in [0.15, 0.2) is 42.6 Å². The predicted molar refractivity (Wildman–Crippen MR) is 116 cm³/mol. The third-order valence-corrected chi connectivity index (χ3v) is 4.89. The fraction of sp³-hybridized carbons (Fsp3) is 0.250. The van der Waals surface area contributed by atoms with E-state index in [0.717, 1.165) is 21.8 Å². The van der Waals surface area contributed by atoms with Crippen molar-refractivity contribution in [3.63, 3.8) is 0 Å². The van der Waals surface area contributed by atoms with Gasteiger partial charge in [-0.1, -0.05) is 24.1 Å². The number of carbonyl (C=O) groups is 2. The fourth-order valence-corrected chi connectivity index (χ4v) is 3.77. The van der Waals surface area contributed by atoms with Crippen molar-refractivity contribution < 1.29 is 19.1 Å². The summed E-state index contributed by atoms with van der Waals surface area (Å²) in [6.45, 7) is 5.78. The first-order valence-corrected chi connectivity index (χ1v) is 9.56. The minimum atomic E-state index is -0.635. The van der Waals surface area contributed by atoms with Gasteiger partial charge in [-0.05, 0) is 39.0 Å². The SMILES string of the molecule is C#CCn1c2ccccc2c2cc(C(=O)OC)n3cc(C(=O)OC(C)(C)C)cc3c21. The van der Waals surface area contributed by atoms with Crippen LogP contribution in [-0.2, 0) is 16.0 Å². The molecule has 3 aromatic heterocycles. The molecule has 4 rings (SSSR count). The maximum absolute atomic E-state index is 12.7. The molecular formula is C24H22N2O4. The van der Waals surface area contributed by atoms with Gasteiger partial charge in [-0.15, -0.1) is 6.42 Å². The highest BCUT2D eigenvalue weighted by molar-refractivity contribution is 6.15. The molecule has 0 atom stereocenters. The molecule has 30 heavy (non-hydrogen) atoms. The van der Waals surface area contributed by atoms with Gasteiger partial charge in [0.15, 0.2) is 0 Å². The Morgan fingerprint density at radius 2 is 1.80 bits per heavy atom. The largest absolute Gasteiger partial charge is 0.464 e. The van der Waals surface area contributed by atoms with Crippen molar-refractivity contribution in [2.45, 2.75) is 32.9 Å². The quantitative estimate of drug-likeness (QED) is 0.376. The number of ether oxygens (including phenoxy) is 2. The number of para-hydroxylation sites is 1. The highest BCUT2D eigenvalue weighted by Gasteiger charge is 2.24. The lowest BCUT2D eigenvalue weighted by Crippen LogP contribution is -2.23. The number of fused-ring (bicyclic) bond motifs is 5. The molecule has 0 aliphatic rings. The second-order valence-corrected chi connectivity index (χ2v) is 8.08. The van der Waals surface area contributed by atoms with Crippen LogP contribution < -0.4 is 0 Å².